The van der Waals surface area contributed by atoms with Crippen LogP contribution in [0.3, 0.4) is 0 Å². The van der Waals surface area contributed by atoms with E-state index in [9.17, 15) is 4.79 Å². The first-order chi connectivity index (χ1) is 6.75. The van der Waals surface area contributed by atoms with Crippen LogP contribution in [0, 0.1) is 0 Å². The van der Waals surface area contributed by atoms with Gasteiger partial charge in [-0.3, -0.25) is 4.79 Å². The van der Waals surface area contributed by atoms with Crippen LogP contribution in [0.2, 0.25) is 0 Å². The Hall–Kier alpha value is -1.32. The molecule has 1 N–H and O–H groups in total. The molecule has 4 heteroatoms. The molecule has 1 aromatic heterocycles. The molecule has 1 fully saturated rings. The zero-order chi connectivity index (χ0) is 9.97. The molecule has 0 bridgehead atoms. The van der Waals surface area contributed by atoms with Crippen LogP contribution in [-0.2, 0) is 11.2 Å². The van der Waals surface area contributed by atoms with E-state index in [0.29, 0.717) is 11.8 Å². The van der Waals surface area contributed by atoms with Crippen molar-refractivity contribution in [2.45, 2.75) is 38.0 Å². The molecule has 14 heavy (non-hydrogen) atoms. The van der Waals surface area contributed by atoms with Crippen molar-refractivity contribution in [3.05, 3.63) is 17.8 Å². The lowest BCUT2D eigenvalue weighted by Gasteiger charge is -2.01. The SMILES string of the molecule is O=C(O)Cc1ncc(C2CCCC2)o1. The molecular formula is C10H13NO3. The van der Waals surface area contributed by atoms with Gasteiger partial charge < -0.3 is 9.52 Å². The van der Waals surface area contributed by atoms with Crippen molar-refractivity contribution in [3.8, 4) is 0 Å². The molecule has 0 unspecified atom stereocenters. The van der Waals surface area contributed by atoms with Crippen LogP contribution in [0.4, 0.5) is 0 Å². The number of hydrogen-bond acceptors (Lipinski definition) is 3. The first-order valence-electron chi connectivity index (χ1n) is 4.92. The van der Waals surface area contributed by atoms with E-state index in [4.69, 9.17) is 9.52 Å². The molecule has 0 atom stereocenters. The number of aromatic nitrogens is 1. The molecule has 0 amide bonds. The van der Waals surface area contributed by atoms with Crippen LogP contribution in [-0.4, -0.2) is 16.1 Å². The smallest absolute Gasteiger partial charge is 0.312 e. The molecule has 1 aliphatic rings. The summed E-state index contributed by atoms with van der Waals surface area (Å²) in [5, 5.41) is 8.54. The number of carboxylic acids is 1. The number of carboxylic acid groups (broad SMARTS) is 1. The van der Waals surface area contributed by atoms with Crippen LogP contribution in [0.25, 0.3) is 0 Å². The Bertz CT molecular complexity index is 326. The highest BCUT2D eigenvalue weighted by molar-refractivity contribution is 5.68. The van der Waals surface area contributed by atoms with Crippen LogP contribution >= 0.6 is 0 Å². The summed E-state index contributed by atoms with van der Waals surface area (Å²) in [6.45, 7) is 0. The van der Waals surface area contributed by atoms with Gasteiger partial charge in [0, 0.05) is 5.92 Å². The standard InChI is InChI=1S/C10H13NO3/c12-10(13)5-9-11-6-8(14-9)7-3-1-2-4-7/h6-7H,1-5H2,(H,12,13). The molecule has 2 rings (SSSR count). The average Bonchev–Trinajstić information content (AvgIpc) is 2.69. The zero-order valence-electron chi connectivity index (χ0n) is 7.90. The van der Waals surface area contributed by atoms with Crippen molar-refractivity contribution in [2.75, 3.05) is 0 Å². The third-order valence-corrected chi connectivity index (χ3v) is 2.63. The summed E-state index contributed by atoms with van der Waals surface area (Å²) in [5.41, 5.74) is 0. The number of carbonyl (C=O) groups is 1. The number of hydrogen-bond donors (Lipinski definition) is 1. The lowest BCUT2D eigenvalue weighted by molar-refractivity contribution is -0.136. The van der Waals surface area contributed by atoms with E-state index in [1.54, 1.807) is 6.20 Å². The molecule has 0 aliphatic heterocycles. The van der Waals surface area contributed by atoms with Crippen LogP contribution in [0.15, 0.2) is 10.6 Å². The third-order valence-electron chi connectivity index (χ3n) is 2.63. The molecule has 1 heterocycles. The zero-order valence-corrected chi connectivity index (χ0v) is 7.90. The minimum absolute atomic E-state index is 0.118. The van der Waals surface area contributed by atoms with Gasteiger partial charge in [0.25, 0.3) is 0 Å². The molecule has 4 nitrogen and oxygen atoms in total. The highest BCUT2D eigenvalue weighted by Crippen LogP contribution is 2.34. The highest BCUT2D eigenvalue weighted by atomic mass is 16.4. The molecule has 0 spiro atoms. The first-order valence-corrected chi connectivity index (χ1v) is 4.92. The van der Waals surface area contributed by atoms with Gasteiger partial charge in [0.15, 0.2) is 0 Å². The molecule has 0 saturated heterocycles. The number of oxazole rings is 1. The Morgan fingerprint density at radius 1 is 1.57 bits per heavy atom. The summed E-state index contributed by atoms with van der Waals surface area (Å²) in [6.07, 6.45) is 6.31. The minimum atomic E-state index is -0.898. The Kier molecular flexibility index (Phi) is 2.52. The van der Waals surface area contributed by atoms with Crippen molar-refractivity contribution >= 4 is 5.97 Å². The van der Waals surface area contributed by atoms with E-state index < -0.39 is 5.97 Å². The molecule has 0 radical (unpaired) electrons. The van der Waals surface area contributed by atoms with Gasteiger partial charge in [-0.15, -0.1) is 0 Å². The molecule has 1 aliphatic carbocycles. The number of nitrogens with zero attached hydrogens (tertiary/aromatic N) is 1. The summed E-state index contributed by atoms with van der Waals surface area (Å²) in [5.74, 6) is 0.744. The van der Waals surface area contributed by atoms with Gasteiger partial charge in [-0.1, -0.05) is 12.8 Å². The van der Waals surface area contributed by atoms with Crippen molar-refractivity contribution in [2.24, 2.45) is 0 Å². The van der Waals surface area contributed by atoms with E-state index >= 15 is 0 Å². The van der Waals surface area contributed by atoms with Crippen molar-refractivity contribution in [3.63, 3.8) is 0 Å². The van der Waals surface area contributed by atoms with Gasteiger partial charge in [-0.25, -0.2) is 4.98 Å². The monoisotopic (exact) mass is 195 g/mol. The predicted molar refractivity (Wildman–Crippen MR) is 49.1 cm³/mol. The summed E-state index contributed by atoms with van der Waals surface area (Å²) in [4.78, 5) is 14.4. The Morgan fingerprint density at radius 2 is 2.29 bits per heavy atom. The third kappa shape index (κ3) is 1.95. The maximum Gasteiger partial charge on any atom is 0.312 e. The Morgan fingerprint density at radius 3 is 2.93 bits per heavy atom. The van der Waals surface area contributed by atoms with E-state index in [0.717, 1.165) is 18.6 Å². The normalized spacial score (nSPS) is 17.4. The van der Waals surface area contributed by atoms with Gasteiger partial charge in [-0.2, -0.15) is 0 Å². The minimum Gasteiger partial charge on any atom is -0.481 e. The highest BCUT2D eigenvalue weighted by Gasteiger charge is 2.21. The molecule has 76 valence electrons. The predicted octanol–water partition coefficient (Wildman–Crippen LogP) is 1.96. The van der Waals surface area contributed by atoms with Gasteiger partial charge in [0.2, 0.25) is 5.89 Å². The van der Waals surface area contributed by atoms with E-state index in [1.807, 2.05) is 0 Å². The fourth-order valence-corrected chi connectivity index (χ4v) is 1.93. The van der Waals surface area contributed by atoms with Crippen molar-refractivity contribution in [1.29, 1.82) is 0 Å². The largest absolute Gasteiger partial charge is 0.481 e. The molecule has 1 aromatic rings. The molecular weight excluding hydrogens is 182 g/mol. The van der Waals surface area contributed by atoms with E-state index in [1.165, 1.54) is 12.8 Å². The molecule has 0 aromatic carbocycles. The summed E-state index contributed by atoms with van der Waals surface area (Å²) < 4.78 is 5.39. The maximum absolute atomic E-state index is 10.4. The Labute approximate surface area is 81.9 Å². The average molecular weight is 195 g/mol. The van der Waals surface area contributed by atoms with Crippen LogP contribution in [0.1, 0.15) is 43.3 Å². The summed E-state index contributed by atoms with van der Waals surface area (Å²) >= 11 is 0. The van der Waals surface area contributed by atoms with Crippen LogP contribution in [0.5, 0.6) is 0 Å². The maximum atomic E-state index is 10.4. The lowest BCUT2D eigenvalue weighted by atomic mass is 10.1. The van der Waals surface area contributed by atoms with Gasteiger partial charge in [0.1, 0.15) is 12.2 Å². The fraction of sp³-hybridized carbons (Fsp3) is 0.600. The van der Waals surface area contributed by atoms with Crippen LogP contribution < -0.4 is 0 Å². The number of rotatable bonds is 3. The first kappa shape index (κ1) is 9.24. The van der Waals surface area contributed by atoms with Gasteiger partial charge >= 0.3 is 5.97 Å². The summed E-state index contributed by atoms with van der Waals surface area (Å²) in [6, 6.07) is 0. The second-order valence-corrected chi connectivity index (χ2v) is 3.71. The lowest BCUT2D eigenvalue weighted by Crippen LogP contribution is -1.99. The van der Waals surface area contributed by atoms with Gasteiger partial charge in [0.05, 0.1) is 6.20 Å². The van der Waals surface area contributed by atoms with Crippen molar-refractivity contribution < 1.29 is 14.3 Å². The molecule has 1 saturated carbocycles. The van der Waals surface area contributed by atoms with E-state index in [-0.39, 0.29) is 6.42 Å². The van der Waals surface area contributed by atoms with Crippen molar-refractivity contribution in [1.82, 2.24) is 4.98 Å². The second-order valence-electron chi connectivity index (χ2n) is 3.71. The van der Waals surface area contributed by atoms with E-state index in [2.05, 4.69) is 4.98 Å². The number of aliphatic carboxylic acids is 1. The second kappa shape index (κ2) is 3.82. The van der Waals surface area contributed by atoms with Gasteiger partial charge in [-0.05, 0) is 12.8 Å². The topological polar surface area (TPSA) is 63.3 Å². The fourth-order valence-electron chi connectivity index (χ4n) is 1.93. The quantitative estimate of drug-likeness (QED) is 0.800. The Balaban J connectivity index is 2.05. The summed E-state index contributed by atoms with van der Waals surface area (Å²) in [7, 11) is 0.